The molecule has 7 nitrogen and oxygen atoms in total. The Morgan fingerprint density at radius 3 is 2.14 bits per heavy atom. The van der Waals surface area contributed by atoms with E-state index in [1.54, 1.807) is 18.2 Å². The average molecular weight is 366 g/mol. The van der Waals surface area contributed by atoms with Crippen LogP contribution in [0.2, 0.25) is 0 Å². The van der Waals surface area contributed by atoms with Crippen LogP contribution in [0.4, 0.5) is 5.69 Å². The third-order valence-electron chi connectivity index (χ3n) is 2.55. The van der Waals surface area contributed by atoms with Gasteiger partial charge in [-0.25, -0.2) is 0 Å². The van der Waals surface area contributed by atoms with Gasteiger partial charge < -0.3 is 9.73 Å². The molecule has 1 heterocycles. The monoisotopic (exact) mass is 365 g/mol. The topological polar surface area (TPSA) is 100 Å². The van der Waals surface area contributed by atoms with Crippen LogP contribution in [-0.4, -0.2) is 17.7 Å². The van der Waals surface area contributed by atoms with E-state index in [-0.39, 0.29) is 11.7 Å². The lowest BCUT2D eigenvalue weighted by Gasteiger charge is -2.07. The maximum absolute atomic E-state index is 11.9. The third-order valence-corrected chi connectivity index (χ3v) is 2.98. The second kappa shape index (κ2) is 6.90. The molecule has 1 aromatic carbocycles. The van der Waals surface area contributed by atoms with Gasteiger partial charge in [0.15, 0.2) is 10.4 Å². The molecular formula is C14H12BrN3O4. The van der Waals surface area contributed by atoms with Gasteiger partial charge in [-0.05, 0) is 52.3 Å². The molecule has 0 bridgehead atoms. The van der Waals surface area contributed by atoms with Gasteiger partial charge in [0.1, 0.15) is 0 Å². The number of carbonyl (C=O) groups is 3. The molecule has 0 unspecified atom stereocenters. The first-order valence-electron chi connectivity index (χ1n) is 6.19. The molecule has 0 spiro atoms. The lowest BCUT2D eigenvalue weighted by molar-refractivity contribution is -0.114. The fourth-order valence-corrected chi connectivity index (χ4v) is 1.90. The van der Waals surface area contributed by atoms with E-state index < -0.39 is 11.8 Å². The first-order chi connectivity index (χ1) is 10.5. The number of anilines is 1. The molecule has 3 amide bonds. The summed E-state index contributed by atoms with van der Waals surface area (Å²) < 4.78 is 5.46. The Morgan fingerprint density at radius 1 is 0.955 bits per heavy atom. The zero-order chi connectivity index (χ0) is 16.1. The number of amides is 3. The van der Waals surface area contributed by atoms with Crippen LogP contribution in [0.15, 0.2) is 45.5 Å². The quantitative estimate of drug-likeness (QED) is 0.724. The highest BCUT2D eigenvalue weighted by Gasteiger charge is 2.12. The van der Waals surface area contributed by atoms with Crippen molar-refractivity contribution in [3.63, 3.8) is 0 Å². The second-order valence-corrected chi connectivity index (χ2v) is 5.05. The molecule has 0 atom stereocenters. The van der Waals surface area contributed by atoms with Crippen LogP contribution in [0.5, 0.6) is 0 Å². The normalized spacial score (nSPS) is 9.91. The molecule has 0 aliphatic heterocycles. The molecule has 3 N–H and O–H groups in total. The summed E-state index contributed by atoms with van der Waals surface area (Å²) in [5, 5.41) is 2.59. The van der Waals surface area contributed by atoms with Crippen molar-refractivity contribution < 1.29 is 18.8 Å². The Labute approximate surface area is 134 Å². The molecular weight excluding hydrogens is 354 g/mol. The molecule has 22 heavy (non-hydrogen) atoms. The van der Waals surface area contributed by atoms with Gasteiger partial charge in [0.2, 0.25) is 5.91 Å². The molecule has 2 aromatic rings. The van der Waals surface area contributed by atoms with E-state index in [0.717, 1.165) is 0 Å². The van der Waals surface area contributed by atoms with Crippen molar-refractivity contribution in [2.24, 2.45) is 0 Å². The minimum absolute atomic E-state index is 0.0631. The maximum Gasteiger partial charge on any atom is 0.305 e. The van der Waals surface area contributed by atoms with Gasteiger partial charge in [0, 0.05) is 18.2 Å². The minimum Gasteiger partial charge on any atom is -0.444 e. The Balaban J connectivity index is 1.92. The predicted molar refractivity (Wildman–Crippen MR) is 82.1 cm³/mol. The van der Waals surface area contributed by atoms with Crippen LogP contribution in [0.25, 0.3) is 0 Å². The summed E-state index contributed by atoms with van der Waals surface area (Å²) in [6, 6.07) is 9.25. The molecule has 0 aliphatic rings. The zero-order valence-corrected chi connectivity index (χ0v) is 13.1. The van der Waals surface area contributed by atoms with E-state index in [9.17, 15) is 14.4 Å². The molecule has 0 fully saturated rings. The standard InChI is InChI=1S/C14H12BrN3O4/c1-8(19)16-10-4-2-9(3-5-10)13(20)17-18-14(21)11-6-7-12(15)22-11/h2-7H,1H3,(H,16,19)(H,17,20)(H,18,21). The van der Waals surface area contributed by atoms with E-state index in [0.29, 0.717) is 15.9 Å². The summed E-state index contributed by atoms with van der Waals surface area (Å²) in [6.45, 7) is 1.39. The summed E-state index contributed by atoms with van der Waals surface area (Å²) in [6.07, 6.45) is 0. The molecule has 2 rings (SSSR count). The Morgan fingerprint density at radius 2 is 1.59 bits per heavy atom. The first-order valence-corrected chi connectivity index (χ1v) is 6.98. The minimum atomic E-state index is -0.575. The number of halogens is 1. The van der Waals surface area contributed by atoms with Crippen LogP contribution in [0.3, 0.4) is 0 Å². The van der Waals surface area contributed by atoms with E-state index in [1.807, 2.05) is 0 Å². The lowest BCUT2D eigenvalue weighted by atomic mass is 10.2. The van der Waals surface area contributed by atoms with Gasteiger partial charge in [-0.1, -0.05) is 0 Å². The average Bonchev–Trinajstić information content (AvgIpc) is 2.91. The van der Waals surface area contributed by atoms with Crippen LogP contribution in [-0.2, 0) is 4.79 Å². The number of rotatable bonds is 3. The van der Waals surface area contributed by atoms with E-state index >= 15 is 0 Å². The summed E-state index contributed by atoms with van der Waals surface area (Å²) in [7, 11) is 0. The van der Waals surface area contributed by atoms with E-state index in [2.05, 4.69) is 32.1 Å². The molecule has 0 saturated heterocycles. The van der Waals surface area contributed by atoms with Gasteiger partial charge in [-0.2, -0.15) is 0 Å². The van der Waals surface area contributed by atoms with Crippen LogP contribution in [0.1, 0.15) is 27.8 Å². The van der Waals surface area contributed by atoms with Gasteiger partial charge in [0.25, 0.3) is 5.91 Å². The van der Waals surface area contributed by atoms with E-state index in [4.69, 9.17) is 4.42 Å². The van der Waals surface area contributed by atoms with Crippen molar-refractivity contribution in [3.05, 3.63) is 52.4 Å². The van der Waals surface area contributed by atoms with Gasteiger partial charge in [0.05, 0.1) is 0 Å². The molecule has 114 valence electrons. The van der Waals surface area contributed by atoms with Crippen molar-refractivity contribution in [1.82, 2.24) is 10.9 Å². The van der Waals surface area contributed by atoms with Crippen molar-refractivity contribution in [2.45, 2.75) is 6.92 Å². The third kappa shape index (κ3) is 4.19. The number of furan rings is 1. The van der Waals surface area contributed by atoms with Crippen molar-refractivity contribution in [1.29, 1.82) is 0 Å². The number of carbonyl (C=O) groups excluding carboxylic acids is 3. The number of hydrogen-bond acceptors (Lipinski definition) is 4. The predicted octanol–water partition coefficient (Wildman–Crippen LogP) is 2.08. The van der Waals surface area contributed by atoms with Crippen LogP contribution < -0.4 is 16.2 Å². The highest BCUT2D eigenvalue weighted by Crippen LogP contribution is 2.13. The summed E-state index contributed by atoms with van der Waals surface area (Å²) >= 11 is 3.08. The largest absolute Gasteiger partial charge is 0.444 e. The Bertz CT molecular complexity index is 709. The molecule has 0 radical (unpaired) electrons. The Hall–Kier alpha value is -2.61. The highest BCUT2D eigenvalue weighted by molar-refractivity contribution is 9.10. The van der Waals surface area contributed by atoms with Gasteiger partial charge in [-0.15, -0.1) is 0 Å². The fraction of sp³-hybridized carbons (Fsp3) is 0.0714. The second-order valence-electron chi connectivity index (χ2n) is 4.27. The van der Waals surface area contributed by atoms with Gasteiger partial charge in [-0.3, -0.25) is 25.2 Å². The number of nitrogens with one attached hydrogen (secondary N) is 3. The van der Waals surface area contributed by atoms with E-state index in [1.165, 1.54) is 25.1 Å². The lowest BCUT2D eigenvalue weighted by Crippen LogP contribution is -2.41. The summed E-state index contributed by atoms with van der Waals surface area (Å²) in [5.74, 6) is -1.20. The number of hydrogen-bond donors (Lipinski definition) is 3. The zero-order valence-electron chi connectivity index (χ0n) is 11.5. The number of benzene rings is 1. The smallest absolute Gasteiger partial charge is 0.305 e. The highest BCUT2D eigenvalue weighted by atomic mass is 79.9. The fourth-order valence-electron chi connectivity index (χ4n) is 1.59. The van der Waals surface area contributed by atoms with Crippen molar-refractivity contribution in [2.75, 3.05) is 5.32 Å². The molecule has 1 aromatic heterocycles. The number of hydrazine groups is 1. The van der Waals surface area contributed by atoms with Gasteiger partial charge >= 0.3 is 5.91 Å². The molecule has 0 aliphatic carbocycles. The van der Waals surface area contributed by atoms with Crippen molar-refractivity contribution in [3.8, 4) is 0 Å². The molecule has 0 saturated carbocycles. The van der Waals surface area contributed by atoms with Crippen molar-refractivity contribution >= 4 is 39.3 Å². The first kappa shape index (κ1) is 15.8. The SMILES string of the molecule is CC(=O)Nc1ccc(C(=O)NNC(=O)c2ccc(Br)o2)cc1. The van der Waals surface area contributed by atoms with Crippen LogP contribution >= 0.6 is 15.9 Å². The summed E-state index contributed by atoms with van der Waals surface area (Å²) in [5.41, 5.74) is 5.41. The summed E-state index contributed by atoms with van der Waals surface area (Å²) in [4.78, 5) is 34.4. The molecule has 8 heteroatoms. The van der Waals surface area contributed by atoms with Crippen LogP contribution in [0, 0.1) is 0 Å². The maximum atomic E-state index is 11.9. The Kier molecular flexibility index (Phi) is 4.95.